The Labute approximate surface area is 105 Å². The smallest absolute Gasteiger partial charge is 0.255 e. The third-order valence-corrected chi connectivity index (χ3v) is 2.76. The lowest BCUT2D eigenvalue weighted by atomic mass is 10.0. The van der Waals surface area contributed by atoms with Gasteiger partial charge in [-0.3, -0.25) is 9.59 Å². The van der Waals surface area contributed by atoms with Gasteiger partial charge in [-0.1, -0.05) is 0 Å². The van der Waals surface area contributed by atoms with Crippen molar-refractivity contribution in [1.29, 1.82) is 0 Å². The average molecular weight is 249 g/mol. The predicted octanol–water partition coefficient (Wildman–Crippen LogP) is -0.120. The van der Waals surface area contributed by atoms with E-state index < -0.39 is 5.91 Å². The number of nitrogens with two attached hydrogens (primary N) is 1. The van der Waals surface area contributed by atoms with Crippen molar-refractivity contribution in [2.45, 2.75) is 18.9 Å². The number of nitrogens with one attached hydrogen (secondary N) is 1. The number of ketones is 1. The molecule has 2 rings (SSSR count). The third kappa shape index (κ3) is 3.04. The van der Waals surface area contributed by atoms with Gasteiger partial charge in [0.25, 0.3) is 5.91 Å². The number of primary amides is 1. The molecule has 0 spiro atoms. The average Bonchev–Trinajstić information content (AvgIpc) is 2.89. The van der Waals surface area contributed by atoms with Crippen LogP contribution < -0.4 is 15.8 Å². The number of carbonyl (C=O) groups is 2. The highest BCUT2D eigenvalue weighted by Gasteiger charge is 2.23. The quantitative estimate of drug-likeness (QED) is 0.709. The van der Waals surface area contributed by atoms with Gasteiger partial charge < -0.3 is 15.8 Å². The Balaban J connectivity index is 2.06. The van der Waals surface area contributed by atoms with Crippen molar-refractivity contribution in [1.82, 2.24) is 10.3 Å². The predicted molar refractivity (Wildman–Crippen MR) is 64.3 cm³/mol. The molecule has 1 saturated heterocycles. The van der Waals surface area contributed by atoms with Crippen LogP contribution in [0.1, 0.15) is 23.2 Å². The van der Waals surface area contributed by atoms with Gasteiger partial charge >= 0.3 is 0 Å². The van der Waals surface area contributed by atoms with Crippen molar-refractivity contribution in [3.05, 3.63) is 23.9 Å². The van der Waals surface area contributed by atoms with Crippen molar-refractivity contribution in [3.63, 3.8) is 0 Å². The Morgan fingerprint density at radius 3 is 3.06 bits per heavy atom. The first-order chi connectivity index (χ1) is 8.66. The van der Waals surface area contributed by atoms with Crippen LogP contribution >= 0.6 is 0 Å². The number of hydrogen-bond donors (Lipinski definition) is 2. The van der Waals surface area contributed by atoms with E-state index in [0.29, 0.717) is 5.56 Å². The van der Waals surface area contributed by atoms with Crippen molar-refractivity contribution < 1.29 is 14.3 Å². The summed E-state index contributed by atoms with van der Waals surface area (Å²) in [5, 5.41) is 3.14. The van der Waals surface area contributed by atoms with E-state index >= 15 is 0 Å². The van der Waals surface area contributed by atoms with Crippen LogP contribution in [0.2, 0.25) is 0 Å². The lowest BCUT2D eigenvalue weighted by molar-refractivity contribution is -0.120. The summed E-state index contributed by atoms with van der Waals surface area (Å²) < 4.78 is 5.06. The summed E-state index contributed by atoms with van der Waals surface area (Å²) in [7, 11) is 0. The number of nitrogens with zero attached hydrogens (tertiary/aromatic N) is 1. The van der Waals surface area contributed by atoms with Gasteiger partial charge in [0.15, 0.2) is 12.4 Å². The molecule has 0 aliphatic carbocycles. The summed E-state index contributed by atoms with van der Waals surface area (Å²) in [6.45, 7) is 0.624. The van der Waals surface area contributed by atoms with Gasteiger partial charge in [0.1, 0.15) is 0 Å². The first kappa shape index (κ1) is 12.5. The number of carbonyl (C=O) groups excluding carboxylic acids is 2. The summed E-state index contributed by atoms with van der Waals surface area (Å²) in [5.74, 6) is -0.317. The molecule has 1 aromatic rings. The summed E-state index contributed by atoms with van der Waals surface area (Å²) in [6, 6.07) is 3.04. The number of pyridine rings is 1. The Hall–Kier alpha value is -1.95. The van der Waals surface area contributed by atoms with Crippen LogP contribution in [-0.4, -0.2) is 35.9 Å². The molecule has 0 unspecified atom stereocenters. The molecule has 0 radical (unpaired) electrons. The third-order valence-electron chi connectivity index (χ3n) is 2.76. The summed E-state index contributed by atoms with van der Waals surface area (Å²) in [5.41, 5.74) is 5.50. The second kappa shape index (κ2) is 5.59. The lowest BCUT2D eigenvalue weighted by Gasteiger charge is -2.09. The molecule has 1 amide bonds. The number of amides is 1. The normalized spacial score (nSPS) is 18.6. The van der Waals surface area contributed by atoms with E-state index in [4.69, 9.17) is 10.5 Å². The topological polar surface area (TPSA) is 94.3 Å². The molecule has 96 valence electrons. The SMILES string of the molecule is NC(=O)COc1cc(C(=O)[C@@H]2CCCN2)ccn1. The van der Waals surface area contributed by atoms with Crippen molar-refractivity contribution >= 4 is 11.7 Å². The zero-order valence-electron chi connectivity index (χ0n) is 9.89. The van der Waals surface area contributed by atoms with Crippen LogP contribution in [0.5, 0.6) is 5.88 Å². The fraction of sp³-hybridized carbons (Fsp3) is 0.417. The first-order valence-corrected chi connectivity index (χ1v) is 5.81. The number of Topliss-reactive ketones (excluding diaryl/α,β-unsaturated/α-hetero) is 1. The van der Waals surface area contributed by atoms with E-state index in [9.17, 15) is 9.59 Å². The largest absolute Gasteiger partial charge is 0.468 e. The number of hydrogen-bond acceptors (Lipinski definition) is 5. The Bertz CT molecular complexity index is 456. The number of aromatic nitrogens is 1. The van der Waals surface area contributed by atoms with Gasteiger partial charge in [-0.2, -0.15) is 0 Å². The summed E-state index contributed by atoms with van der Waals surface area (Å²) in [6.07, 6.45) is 3.34. The first-order valence-electron chi connectivity index (χ1n) is 5.81. The zero-order chi connectivity index (χ0) is 13.0. The molecular weight excluding hydrogens is 234 g/mol. The minimum Gasteiger partial charge on any atom is -0.468 e. The highest BCUT2D eigenvalue weighted by molar-refractivity contribution is 6.00. The number of rotatable bonds is 5. The van der Waals surface area contributed by atoms with Crippen LogP contribution in [0.3, 0.4) is 0 Å². The minimum atomic E-state index is -0.578. The molecular formula is C12H15N3O3. The Morgan fingerprint density at radius 2 is 2.39 bits per heavy atom. The molecule has 0 bridgehead atoms. The van der Waals surface area contributed by atoms with Gasteiger partial charge in [-0.15, -0.1) is 0 Å². The molecule has 1 aliphatic rings. The Kier molecular flexibility index (Phi) is 3.88. The van der Waals surface area contributed by atoms with Gasteiger partial charge in [-0.05, 0) is 25.5 Å². The standard InChI is InChI=1S/C12H15N3O3/c13-10(16)7-18-11-6-8(3-5-15-11)12(17)9-2-1-4-14-9/h3,5-6,9,14H,1-2,4,7H2,(H2,13,16)/t9-/m0/s1. The molecule has 2 heterocycles. The lowest BCUT2D eigenvalue weighted by Crippen LogP contribution is -2.30. The van der Waals surface area contributed by atoms with Crippen LogP contribution in [0.15, 0.2) is 18.3 Å². The molecule has 6 heteroatoms. The molecule has 0 saturated carbocycles. The maximum Gasteiger partial charge on any atom is 0.255 e. The van der Waals surface area contributed by atoms with Gasteiger partial charge in [0, 0.05) is 17.8 Å². The molecule has 1 fully saturated rings. The van der Waals surface area contributed by atoms with E-state index in [-0.39, 0.29) is 24.3 Å². The van der Waals surface area contributed by atoms with E-state index in [1.807, 2.05) is 0 Å². The molecule has 6 nitrogen and oxygen atoms in total. The van der Waals surface area contributed by atoms with Crippen LogP contribution in [0.4, 0.5) is 0 Å². The molecule has 0 aromatic carbocycles. The summed E-state index contributed by atoms with van der Waals surface area (Å²) in [4.78, 5) is 26.6. The van der Waals surface area contributed by atoms with E-state index in [0.717, 1.165) is 19.4 Å². The van der Waals surface area contributed by atoms with Gasteiger partial charge in [0.05, 0.1) is 6.04 Å². The second-order valence-corrected chi connectivity index (χ2v) is 4.15. The molecule has 18 heavy (non-hydrogen) atoms. The van der Waals surface area contributed by atoms with Crippen molar-refractivity contribution in [3.8, 4) is 5.88 Å². The molecule has 1 aromatic heterocycles. The fourth-order valence-electron chi connectivity index (χ4n) is 1.90. The molecule has 1 aliphatic heterocycles. The van der Waals surface area contributed by atoms with Crippen LogP contribution in [-0.2, 0) is 4.79 Å². The maximum atomic E-state index is 12.1. The fourth-order valence-corrected chi connectivity index (χ4v) is 1.90. The van der Waals surface area contributed by atoms with Crippen molar-refractivity contribution in [2.24, 2.45) is 5.73 Å². The maximum absolute atomic E-state index is 12.1. The highest BCUT2D eigenvalue weighted by Crippen LogP contribution is 2.15. The van der Waals surface area contributed by atoms with Crippen LogP contribution in [0, 0.1) is 0 Å². The highest BCUT2D eigenvalue weighted by atomic mass is 16.5. The number of ether oxygens (including phenoxy) is 1. The monoisotopic (exact) mass is 249 g/mol. The van der Waals surface area contributed by atoms with E-state index in [1.165, 1.54) is 12.3 Å². The molecule has 3 N–H and O–H groups in total. The Morgan fingerprint density at radius 1 is 1.56 bits per heavy atom. The minimum absolute atomic E-state index is 0.0267. The van der Waals surface area contributed by atoms with Crippen LogP contribution in [0.25, 0.3) is 0 Å². The second-order valence-electron chi connectivity index (χ2n) is 4.15. The van der Waals surface area contributed by atoms with E-state index in [1.54, 1.807) is 6.07 Å². The van der Waals surface area contributed by atoms with Crippen molar-refractivity contribution in [2.75, 3.05) is 13.2 Å². The van der Waals surface area contributed by atoms with Gasteiger partial charge in [0.2, 0.25) is 5.88 Å². The summed E-state index contributed by atoms with van der Waals surface area (Å²) >= 11 is 0. The van der Waals surface area contributed by atoms with Gasteiger partial charge in [-0.25, -0.2) is 4.98 Å². The zero-order valence-corrected chi connectivity index (χ0v) is 9.89. The van der Waals surface area contributed by atoms with E-state index in [2.05, 4.69) is 10.3 Å². The molecule has 1 atom stereocenters.